The lowest BCUT2D eigenvalue weighted by Gasteiger charge is -2.06. The summed E-state index contributed by atoms with van der Waals surface area (Å²) in [5, 5.41) is 2.65. The molecule has 0 saturated carbocycles. The van der Waals surface area contributed by atoms with Crippen molar-refractivity contribution < 1.29 is 9.53 Å². The predicted molar refractivity (Wildman–Crippen MR) is 59.2 cm³/mol. The number of ether oxygens (including phenoxy) is 1. The third kappa shape index (κ3) is 5.05. The number of alkyl carbamates (subject to hydrolysis) is 1. The molecule has 0 fully saturated rings. The molecular formula is C12H16NO2. The van der Waals surface area contributed by atoms with Gasteiger partial charge in [0.15, 0.2) is 0 Å². The fraction of sp³-hybridized carbons (Fsp3) is 0.333. The van der Waals surface area contributed by atoms with Crippen LogP contribution in [0.3, 0.4) is 0 Å². The van der Waals surface area contributed by atoms with Crippen LogP contribution < -0.4 is 5.32 Å². The molecule has 0 aliphatic carbocycles. The number of nitrogens with one attached hydrogen (secondary N) is 1. The van der Waals surface area contributed by atoms with Crippen LogP contribution in [0.5, 0.6) is 0 Å². The van der Waals surface area contributed by atoms with Crippen LogP contribution in [0.15, 0.2) is 30.3 Å². The maximum absolute atomic E-state index is 11.1. The van der Waals surface area contributed by atoms with Gasteiger partial charge in [-0.25, -0.2) is 4.79 Å². The van der Waals surface area contributed by atoms with E-state index in [1.54, 1.807) is 0 Å². The zero-order chi connectivity index (χ0) is 10.9. The van der Waals surface area contributed by atoms with Gasteiger partial charge in [0.2, 0.25) is 0 Å². The molecule has 0 saturated heterocycles. The number of hydrogen-bond acceptors (Lipinski definition) is 2. The van der Waals surface area contributed by atoms with E-state index in [9.17, 15) is 4.79 Å². The Morgan fingerprint density at radius 2 is 2.07 bits per heavy atom. The summed E-state index contributed by atoms with van der Waals surface area (Å²) in [5.74, 6) is 0. The van der Waals surface area contributed by atoms with E-state index in [-0.39, 0.29) is 6.09 Å². The smallest absolute Gasteiger partial charge is 0.407 e. The van der Waals surface area contributed by atoms with E-state index in [2.05, 4.69) is 12.2 Å². The second-order valence-electron chi connectivity index (χ2n) is 3.20. The van der Waals surface area contributed by atoms with Gasteiger partial charge in [0.05, 0.1) is 0 Å². The number of hydrogen-bond donors (Lipinski definition) is 1. The number of unbranched alkanes of at least 4 members (excludes halogenated alkanes) is 1. The van der Waals surface area contributed by atoms with Gasteiger partial charge in [-0.1, -0.05) is 43.7 Å². The van der Waals surface area contributed by atoms with Crippen molar-refractivity contribution in [3.8, 4) is 0 Å². The van der Waals surface area contributed by atoms with Crippen LogP contribution in [-0.4, -0.2) is 12.6 Å². The Labute approximate surface area is 90.4 Å². The van der Waals surface area contributed by atoms with E-state index in [4.69, 9.17) is 4.74 Å². The summed E-state index contributed by atoms with van der Waals surface area (Å²) in [4.78, 5) is 11.1. The first-order valence-corrected chi connectivity index (χ1v) is 5.06. The Hall–Kier alpha value is -1.51. The third-order valence-corrected chi connectivity index (χ3v) is 1.91. The van der Waals surface area contributed by atoms with Gasteiger partial charge in [-0.05, 0) is 12.0 Å². The minimum atomic E-state index is -0.368. The fourth-order valence-electron chi connectivity index (χ4n) is 1.09. The second-order valence-corrected chi connectivity index (χ2v) is 3.20. The van der Waals surface area contributed by atoms with Crippen LogP contribution in [0.4, 0.5) is 4.79 Å². The molecule has 0 aliphatic heterocycles. The molecule has 1 aromatic carbocycles. The Balaban J connectivity index is 2.17. The number of carbonyl (C=O) groups is 1. The topological polar surface area (TPSA) is 38.3 Å². The summed E-state index contributed by atoms with van der Waals surface area (Å²) >= 11 is 0. The lowest BCUT2D eigenvalue weighted by molar-refractivity contribution is 0.139. The number of amides is 1. The van der Waals surface area contributed by atoms with Crippen molar-refractivity contribution in [3.05, 3.63) is 42.8 Å². The van der Waals surface area contributed by atoms with Crippen LogP contribution in [0.1, 0.15) is 18.4 Å². The normalized spacial score (nSPS) is 9.67. The molecule has 0 unspecified atom stereocenters. The van der Waals surface area contributed by atoms with E-state index >= 15 is 0 Å². The molecule has 0 aromatic heterocycles. The first-order valence-electron chi connectivity index (χ1n) is 5.06. The number of rotatable bonds is 5. The molecule has 0 spiro atoms. The van der Waals surface area contributed by atoms with E-state index < -0.39 is 0 Å². The molecule has 3 heteroatoms. The van der Waals surface area contributed by atoms with Crippen molar-refractivity contribution in [3.63, 3.8) is 0 Å². The summed E-state index contributed by atoms with van der Waals surface area (Å²) < 4.78 is 5.00. The molecule has 1 rings (SSSR count). The van der Waals surface area contributed by atoms with Gasteiger partial charge < -0.3 is 10.1 Å². The first kappa shape index (κ1) is 11.6. The average Bonchev–Trinajstić information content (AvgIpc) is 2.28. The highest BCUT2D eigenvalue weighted by Crippen LogP contribution is 2.00. The van der Waals surface area contributed by atoms with Crippen LogP contribution >= 0.6 is 0 Å². The summed E-state index contributed by atoms with van der Waals surface area (Å²) in [6, 6.07) is 9.60. The van der Waals surface area contributed by atoms with E-state index in [1.165, 1.54) is 0 Å². The lowest BCUT2D eigenvalue weighted by Crippen LogP contribution is -2.25. The summed E-state index contributed by atoms with van der Waals surface area (Å²) in [7, 11) is 0. The maximum Gasteiger partial charge on any atom is 0.407 e. The monoisotopic (exact) mass is 206 g/mol. The van der Waals surface area contributed by atoms with Gasteiger partial charge in [0.25, 0.3) is 0 Å². The molecule has 3 nitrogen and oxygen atoms in total. The van der Waals surface area contributed by atoms with Crippen LogP contribution in [0, 0.1) is 6.92 Å². The minimum absolute atomic E-state index is 0.317. The van der Waals surface area contributed by atoms with Gasteiger partial charge in [0, 0.05) is 6.54 Å². The highest BCUT2D eigenvalue weighted by Gasteiger charge is 2.00. The zero-order valence-electron chi connectivity index (χ0n) is 8.74. The molecule has 0 atom stereocenters. The molecule has 15 heavy (non-hydrogen) atoms. The Morgan fingerprint density at radius 3 is 2.73 bits per heavy atom. The Bertz CT molecular complexity index is 285. The molecule has 0 heterocycles. The Morgan fingerprint density at radius 1 is 1.33 bits per heavy atom. The molecule has 1 radical (unpaired) electrons. The molecule has 1 N–H and O–H groups in total. The Kier molecular flexibility index (Phi) is 5.30. The van der Waals surface area contributed by atoms with Crippen molar-refractivity contribution in [1.29, 1.82) is 0 Å². The van der Waals surface area contributed by atoms with Crippen LogP contribution in [0.25, 0.3) is 0 Å². The molecule has 1 aromatic rings. The van der Waals surface area contributed by atoms with Crippen LogP contribution in [0.2, 0.25) is 0 Å². The second kappa shape index (κ2) is 6.87. The highest BCUT2D eigenvalue weighted by molar-refractivity contribution is 5.67. The standard InChI is InChI=1S/C12H16NO2/c1-2-3-9-13-12(14)15-10-11-7-5-4-6-8-11/h4-8H,1-3,9-10H2,(H,13,14). The van der Waals surface area contributed by atoms with Gasteiger partial charge in [-0.2, -0.15) is 0 Å². The quantitative estimate of drug-likeness (QED) is 0.752. The average molecular weight is 206 g/mol. The van der Waals surface area contributed by atoms with Gasteiger partial charge in [-0.15, -0.1) is 0 Å². The molecule has 81 valence electrons. The summed E-state index contributed by atoms with van der Waals surface area (Å²) in [5.41, 5.74) is 0.991. The van der Waals surface area contributed by atoms with Crippen molar-refractivity contribution in [1.82, 2.24) is 5.32 Å². The van der Waals surface area contributed by atoms with Crippen LogP contribution in [-0.2, 0) is 11.3 Å². The molecule has 1 amide bonds. The molecule has 0 aliphatic rings. The summed E-state index contributed by atoms with van der Waals surface area (Å²) in [6.07, 6.45) is 1.33. The van der Waals surface area contributed by atoms with E-state index in [0.717, 1.165) is 18.4 Å². The minimum Gasteiger partial charge on any atom is -0.445 e. The van der Waals surface area contributed by atoms with Gasteiger partial charge in [0.1, 0.15) is 6.61 Å². The van der Waals surface area contributed by atoms with Gasteiger partial charge >= 0.3 is 6.09 Å². The van der Waals surface area contributed by atoms with E-state index in [1.807, 2.05) is 30.3 Å². The van der Waals surface area contributed by atoms with Gasteiger partial charge in [-0.3, -0.25) is 0 Å². The molecular weight excluding hydrogens is 190 g/mol. The van der Waals surface area contributed by atoms with Crippen molar-refractivity contribution in [2.75, 3.05) is 6.54 Å². The fourth-order valence-corrected chi connectivity index (χ4v) is 1.09. The lowest BCUT2D eigenvalue weighted by atomic mass is 10.2. The first-order chi connectivity index (χ1) is 7.33. The SMILES string of the molecule is [CH2]CCCNC(=O)OCc1ccccc1. The zero-order valence-corrected chi connectivity index (χ0v) is 8.74. The van der Waals surface area contributed by atoms with Crippen molar-refractivity contribution in [2.45, 2.75) is 19.4 Å². The largest absolute Gasteiger partial charge is 0.445 e. The predicted octanol–water partition coefficient (Wildman–Crippen LogP) is 2.53. The highest BCUT2D eigenvalue weighted by atomic mass is 16.5. The number of carbonyl (C=O) groups excluding carboxylic acids is 1. The number of benzene rings is 1. The molecule has 0 bridgehead atoms. The summed E-state index contributed by atoms with van der Waals surface area (Å²) in [6.45, 7) is 4.62. The van der Waals surface area contributed by atoms with Crippen molar-refractivity contribution >= 4 is 6.09 Å². The van der Waals surface area contributed by atoms with E-state index in [0.29, 0.717) is 13.2 Å². The maximum atomic E-state index is 11.1. The van der Waals surface area contributed by atoms with Crippen molar-refractivity contribution in [2.24, 2.45) is 0 Å². The third-order valence-electron chi connectivity index (χ3n) is 1.91.